The summed E-state index contributed by atoms with van der Waals surface area (Å²) in [6, 6.07) is 15.8. The molecule has 0 saturated carbocycles. The van der Waals surface area contributed by atoms with E-state index in [1.807, 2.05) is 68.3 Å². The lowest BCUT2D eigenvalue weighted by Gasteiger charge is -2.21. The molecule has 2 aromatic carbocycles. The number of rotatable bonds is 12. The van der Waals surface area contributed by atoms with Crippen molar-refractivity contribution >= 4 is 23.1 Å². The van der Waals surface area contributed by atoms with E-state index in [0.29, 0.717) is 17.8 Å². The van der Waals surface area contributed by atoms with Gasteiger partial charge in [-0.15, -0.1) is 0 Å². The molecule has 0 saturated heterocycles. The summed E-state index contributed by atoms with van der Waals surface area (Å²) in [6.45, 7) is 6.76. The molecule has 0 radical (unpaired) electrons. The van der Waals surface area contributed by atoms with Gasteiger partial charge in [0.25, 0.3) is 11.8 Å². The summed E-state index contributed by atoms with van der Waals surface area (Å²) in [5, 5.41) is 0. The minimum absolute atomic E-state index is 0.173. The molecule has 33 heavy (non-hydrogen) atoms. The standard InChI is InChI=1S/C29H38N2O2/c1-5-6-7-8-9-10-11-15-20-31-28(32)26(25-19-18-22(2)21-23(25)3)27(29(31)33)30(4)24-16-13-12-14-17-24/h12-14,16-19,21H,5-11,15,20H2,1-4H3. The van der Waals surface area contributed by atoms with E-state index in [1.165, 1.54) is 37.0 Å². The smallest absolute Gasteiger partial charge is 0.278 e. The van der Waals surface area contributed by atoms with Gasteiger partial charge < -0.3 is 4.90 Å². The lowest BCUT2D eigenvalue weighted by Crippen LogP contribution is -2.35. The van der Waals surface area contributed by atoms with Crippen LogP contribution in [-0.4, -0.2) is 30.3 Å². The Morgan fingerprint density at radius 1 is 0.788 bits per heavy atom. The van der Waals surface area contributed by atoms with Crippen LogP contribution < -0.4 is 4.90 Å². The van der Waals surface area contributed by atoms with Crippen molar-refractivity contribution < 1.29 is 9.59 Å². The first-order chi connectivity index (χ1) is 16.0. The van der Waals surface area contributed by atoms with Crippen molar-refractivity contribution in [3.05, 3.63) is 70.9 Å². The van der Waals surface area contributed by atoms with E-state index < -0.39 is 0 Å². The van der Waals surface area contributed by atoms with Gasteiger partial charge in [-0.2, -0.15) is 0 Å². The van der Waals surface area contributed by atoms with Crippen LogP contribution >= 0.6 is 0 Å². The molecular weight excluding hydrogens is 408 g/mol. The lowest BCUT2D eigenvalue weighted by molar-refractivity contribution is -0.136. The Bertz CT molecular complexity index is 994. The Morgan fingerprint density at radius 3 is 2.06 bits per heavy atom. The number of para-hydroxylation sites is 1. The van der Waals surface area contributed by atoms with Gasteiger partial charge in [-0.3, -0.25) is 14.5 Å². The summed E-state index contributed by atoms with van der Waals surface area (Å²) in [5.74, 6) is -0.364. The number of anilines is 1. The third kappa shape index (κ3) is 5.93. The third-order valence-corrected chi connectivity index (χ3v) is 6.51. The molecule has 0 aromatic heterocycles. The van der Waals surface area contributed by atoms with E-state index in [-0.39, 0.29) is 11.8 Å². The van der Waals surface area contributed by atoms with E-state index in [1.54, 1.807) is 0 Å². The average molecular weight is 447 g/mol. The van der Waals surface area contributed by atoms with Crippen molar-refractivity contribution in [1.29, 1.82) is 0 Å². The molecule has 3 rings (SSSR count). The van der Waals surface area contributed by atoms with Crippen molar-refractivity contribution in [2.45, 2.75) is 72.1 Å². The van der Waals surface area contributed by atoms with Crippen molar-refractivity contribution in [2.24, 2.45) is 0 Å². The predicted octanol–water partition coefficient (Wildman–Crippen LogP) is 6.66. The van der Waals surface area contributed by atoms with Crippen LogP contribution in [0.4, 0.5) is 5.69 Å². The molecule has 0 unspecified atom stereocenters. The number of carbonyl (C=O) groups excluding carboxylic acids is 2. The van der Waals surface area contributed by atoms with E-state index in [4.69, 9.17) is 0 Å². The summed E-state index contributed by atoms with van der Waals surface area (Å²) in [7, 11) is 1.87. The Hall–Kier alpha value is -2.88. The fourth-order valence-electron chi connectivity index (χ4n) is 4.60. The highest BCUT2D eigenvalue weighted by Gasteiger charge is 2.41. The fraction of sp³-hybridized carbons (Fsp3) is 0.448. The van der Waals surface area contributed by atoms with Crippen molar-refractivity contribution in [3.63, 3.8) is 0 Å². The number of carbonyl (C=O) groups is 2. The van der Waals surface area contributed by atoms with Crippen LogP contribution in [0.25, 0.3) is 5.57 Å². The van der Waals surface area contributed by atoms with Gasteiger partial charge in [0.2, 0.25) is 0 Å². The van der Waals surface area contributed by atoms with Crippen LogP contribution in [0.15, 0.2) is 54.2 Å². The van der Waals surface area contributed by atoms with E-state index >= 15 is 0 Å². The SMILES string of the molecule is CCCCCCCCCCN1C(=O)C(c2ccc(C)cc2C)=C(N(C)c2ccccc2)C1=O. The van der Waals surface area contributed by atoms with Crippen molar-refractivity contribution in [3.8, 4) is 0 Å². The fourth-order valence-corrected chi connectivity index (χ4v) is 4.60. The lowest BCUT2D eigenvalue weighted by atomic mass is 9.97. The van der Waals surface area contributed by atoms with Gasteiger partial charge in [-0.25, -0.2) is 0 Å². The second-order valence-corrected chi connectivity index (χ2v) is 9.17. The number of imide groups is 1. The first-order valence-electron chi connectivity index (χ1n) is 12.4. The van der Waals surface area contributed by atoms with Crippen LogP contribution in [-0.2, 0) is 9.59 Å². The maximum atomic E-state index is 13.6. The van der Waals surface area contributed by atoms with Crippen LogP contribution in [0.1, 0.15) is 75.0 Å². The van der Waals surface area contributed by atoms with Gasteiger partial charge in [0.15, 0.2) is 0 Å². The molecule has 0 atom stereocenters. The van der Waals surface area contributed by atoms with Crippen molar-refractivity contribution in [2.75, 3.05) is 18.5 Å². The highest BCUT2D eigenvalue weighted by Crippen LogP contribution is 2.35. The third-order valence-electron chi connectivity index (χ3n) is 6.51. The molecule has 2 aromatic rings. The zero-order chi connectivity index (χ0) is 23.8. The van der Waals surface area contributed by atoms with Crippen LogP contribution in [0.5, 0.6) is 0 Å². The second kappa shape index (κ2) is 11.8. The number of aryl methyl sites for hydroxylation is 2. The highest BCUT2D eigenvalue weighted by atomic mass is 16.2. The second-order valence-electron chi connectivity index (χ2n) is 9.17. The van der Waals surface area contributed by atoms with Gasteiger partial charge in [-0.05, 0) is 43.5 Å². The summed E-state index contributed by atoms with van der Waals surface area (Å²) in [4.78, 5) is 30.4. The van der Waals surface area contributed by atoms with Crippen LogP contribution in [0.2, 0.25) is 0 Å². The topological polar surface area (TPSA) is 40.6 Å². The Balaban J connectivity index is 1.79. The quantitative estimate of drug-likeness (QED) is 0.270. The molecule has 4 heteroatoms. The number of amides is 2. The van der Waals surface area contributed by atoms with Gasteiger partial charge in [-0.1, -0.05) is 93.8 Å². The normalized spacial score (nSPS) is 13.9. The molecule has 0 fully saturated rings. The molecule has 1 heterocycles. The number of likely N-dealkylation sites (N-methyl/N-ethyl adjacent to an activating group) is 1. The molecule has 0 spiro atoms. The molecule has 0 N–H and O–H groups in total. The first kappa shape index (κ1) is 24.8. The van der Waals surface area contributed by atoms with Crippen LogP contribution in [0, 0.1) is 13.8 Å². The number of hydrogen-bond donors (Lipinski definition) is 0. The van der Waals surface area contributed by atoms with Gasteiger partial charge in [0.1, 0.15) is 5.70 Å². The molecule has 1 aliphatic rings. The molecule has 1 aliphatic heterocycles. The largest absolute Gasteiger partial charge is 0.339 e. The van der Waals surface area contributed by atoms with Crippen LogP contribution in [0.3, 0.4) is 0 Å². The van der Waals surface area contributed by atoms with E-state index in [0.717, 1.165) is 41.6 Å². The molecule has 2 amide bonds. The summed E-state index contributed by atoms with van der Waals surface area (Å²) in [6.07, 6.45) is 9.44. The minimum atomic E-state index is -0.190. The monoisotopic (exact) mass is 446 g/mol. The highest BCUT2D eigenvalue weighted by molar-refractivity contribution is 6.36. The predicted molar refractivity (Wildman–Crippen MR) is 137 cm³/mol. The number of hydrogen-bond acceptors (Lipinski definition) is 3. The summed E-state index contributed by atoms with van der Waals surface area (Å²) in [5.41, 5.74) is 4.88. The van der Waals surface area contributed by atoms with Crippen molar-refractivity contribution in [1.82, 2.24) is 4.90 Å². The number of benzene rings is 2. The average Bonchev–Trinajstić information content (AvgIpc) is 3.05. The molecule has 0 bridgehead atoms. The van der Waals surface area contributed by atoms with Gasteiger partial charge >= 0.3 is 0 Å². The number of unbranched alkanes of at least 4 members (excludes halogenated alkanes) is 7. The van der Waals surface area contributed by atoms with E-state index in [9.17, 15) is 9.59 Å². The Labute approximate surface area is 199 Å². The first-order valence-corrected chi connectivity index (χ1v) is 12.4. The zero-order valence-corrected chi connectivity index (χ0v) is 20.7. The zero-order valence-electron chi connectivity index (χ0n) is 20.7. The van der Waals surface area contributed by atoms with Gasteiger partial charge in [0, 0.05) is 19.3 Å². The van der Waals surface area contributed by atoms with E-state index in [2.05, 4.69) is 13.0 Å². The molecule has 0 aliphatic carbocycles. The minimum Gasteiger partial charge on any atom is -0.339 e. The number of nitrogens with zero attached hydrogens (tertiary/aromatic N) is 2. The summed E-state index contributed by atoms with van der Waals surface area (Å²) < 4.78 is 0. The maximum Gasteiger partial charge on any atom is 0.278 e. The summed E-state index contributed by atoms with van der Waals surface area (Å²) >= 11 is 0. The Morgan fingerprint density at radius 2 is 1.42 bits per heavy atom. The molecule has 4 nitrogen and oxygen atoms in total. The Kier molecular flexibility index (Phi) is 8.87. The molecule has 176 valence electrons. The maximum absolute atomic E-state index is 13.6. The molecular formula is C29H38N2O2. The van der Waals surface area contributed by atoms with Gasteiger partial charge in [0.05, 0.1) is 5.57 Å².